The van der Waals surface area contributed by atoms with Gasteiger partial charge in [-0.1, -0.05) is 121 Å². The minimum Gasteiger partial charge on any atom is -0.310 e. The highest BCUT2D eigenvalue weighted by atomic mass is 32.1. The van der Waals surface area contributed by atoms with E-state index >= 15 is 0 Å². The third-order valence-electron chi connectivity index (χ3n) is 10.7. The van der Waals surface area contributed by atoms with E-state index in [1.165, 1.54) is 74.6 Å². The maximum absolute atomic E-state index is 2.43. The molecule has 0 saturated heterocycles. The van der Waals surface area contributed by atoms with Gasteiger partial charge in [0.05, 0.1) is 11.0 Å². The predicted molar refractivity (Wildman–Crippen MR) is 229 cm³/mol. The number of hydrogen-bond donors (Lipinski definition) is 0. The number of nitrogens with zero attached hydrogens (tertiary/aromatic N) is 2. The lowest BCUT2D eigenvalue weighted by molar-refractivity contribution is 1.18. The Balaban J connectivity index is 1.13. The molecule has 0 N–H and O–H groups in total. The van der Waals surface area contributed by atoms with E-state index in [0.29, 0.717) is 0 Å². The van der Waals surface area contributed by atoms with Gasteiger partial charge in [-0.15, -0.1) is 11.3 Å². The molecule has 53 heavy (non-hydrogen) atoms. The van der Waals surface area contributed by atoms with E-state index in [-0.39, 0.29) is 0 Å². The minimum absolute atomic E-state index is 1.11. The van der Waals surface area contributed by atoms with Gasteiger partial charge in [0, 0.05) is 53.7 Å². The summed E-state index contributed by atoms with van der Waals surface area (Å²) in [6.07, 6.45) is 0. The molecule has 0 aliphatic rings. The number of thiophene rings is 1. The molecule has 0 radical (unpaired) electrons. The third-order valence-corrected chi connectivity index (χ3v) is 11.8. The maximum atomic E-state index is 2.43. The molecule has 0 aliphatic heterocycles. The van der Waals surface area contributed by atoms with Gasteiger partial charge in [-0.05, 0) is 105 Å². The van der Waals surface area contributed by atoms with E-state index in [1.807, 2.05) is 11.3 Å². The molecule has 0 amide bonds. The van der Waals surface area contributed by atoms with Crippen LogP contribution in [0.1, 0.15) is 0 Å². The van der Waals surface area contributed by atoms with Crippen LogP contribution < -0.4 is 4.90 Å². The van der Waals surface area contributed by atoms with Crippen molar-refractivity contribution in [2.75, 3.05) is 4.90 Å². The van der Waals surface area contributed by atoms with E-state index < -0.39 is 0 Å². The second kappa shape index (κ2) is 11.9. The van der Waals surface area contributed by atoms with Crippen molar-refractivity contribution in [1.29, 1.82) is 0 Å². The van der Waals surface area contributed by atoms with Crippen molar-refractivity contribution in [2.45, 2.75) is 0 Å². The fraction of sp³-hybridized carbons (Fsp3) is 0. The molecule has 2 heterocycles. The zero-order valence-corrected chi connectivity index (χ0v) is 29.6. The summed E-state index contributed by atoms with van der Waals surface area (Å²) in [7, 11) is 0. The molecule has 0 unspecified atom stereocenters. The number of benzene rings is 9. The lowest BCUT2D eigenvalue weighted by Gasteiger charge is -2.26. The number of fused-ring (bicyclic) bond motifs is 8. The zero-order valence-electron chi connectivity index (χ0n) is 28.8. The quantitative estimate of drug-likeness (QED) is 0.174. The van der Waals surface area contributed by atoms with Crippen LogP contribution in [0.15, 0.2) is 194 Å². The summed E-state index contributed by atoms with van der Waals surface area (Å²) in [5, 5.41) is 10.1. The largest absolute Gasteiger partial charge is 0.310 e. The first-order chi connectivity index (χ1) is 26.2. The average molecular weight is 693 g/mol. The van der Waals surface area contributed by atoms with Gasteiger partial charge in [0.1, 0.15) is 0 Å². The lowest BCUT2D eigenvalue weighted by atomic mass is 10.0. The van der Waals surface area contributed by atoms with Crippen LogP contribution in [0.4, 0.5) is 17.1 Å². The summed E-state index contributed by atoms with van der Waals surface area (Å²) in [5.74, 6) is 0. The Morgan fingerprint density at radius 1 is 0.340 bits per heavy atom. The standard InChI is InChI=1S/C50H32N2S/c1-3-11-33(12-4-1)36-19-20-38-28-40(22-21-37(38)27-36)51(42-24-26-45-46-29-34-13-7-8-14-35(34)30-49(46)53-50(45)32-42)41-23-25-44-43-17-9-10-18-47(43)52(48(44)31-41)39-15-5-2-6-16-39/h1-32H. The summed E-state index contributed by atoms with van der Waals surface area (Å²) in [6.45, 7) is 0. The smallest absolute Gasteiger partial charge is 0.0561 e. The third kappa shape index (κ3) is 4.93. The maximum Gasteiger partial charge on any atom is 0.0561 e. The monoisotopic (exact) mass is 692 g/mol. The van der Waals surface area contributed by atoms with Gasteiger partial charge in [0.15, 0.2) is 0 Å². The van der Waals surface area contributed by atoms with Crippen molar-refractivity contribution in [3.8, 4) is 16.8 Å². The molecule has 9 aromatic carbocycles. The Morgan fingerprint density at radius 3 is 1.77 bits per heavy atom. The normalized spacial score (nSPS) is 11.8. The Kier molecular flexibility index (Phi) is 6.76. The zero-order chi connectivity index (χ0) is 34.9. The Labute approximate surface area is 311 Å². The van der Waals surface area contributed by atoms with Gasteiger partial charge in [0.25, 0.3) is 0 Å². The molecule has 2 aromatic heterocycles. The molecule has 3 heteroatoms. The molecule has 0 saturated carbocycles. The lowest BCUT2D eigenvalue weighted by Crippen LogP contribution is -2.10. The van der Waals surface area contributed by atoms with Crippen LogP contribution in [0.3, 0.4) is 0 Å². The number of para-hydroxylation sites is 2. The van der Waals surface area contributed by atoms with Gasteiger partial charge in [-0.25, -0.2) is 0 Å². The van der Waals surface area contributed by atoms with Crippen LogP contribution in [0.2, 0.25) is 0 Å². The van der Waals surface area contributed by atoms with Crippen LogP contribution in [-0.2, 0) is 0 Å². The topological polar surface area (TPSA) is 8.17 Å². The molecule has 11 aromatic rings. The minimum atomic E-state index is 1.11. The fourth-order valence-electron chi connectivity index (χ4n) is 8.17. The van der Waals surface area contributed by atoms with Gasteiger partial charge in [-0.3, -0.25) is 0 Å². The van der Waals surface area contributed by atoms with Crippen LogP contribution >= 0.6 is 11.3 Å². The van der Waals surface area contributed by atoms with E-state index in [4.69, 9.17) is 0 Å². The Bertz CT molecular complexity index is 3170. The number of hydrogen-bond acceptors (Lipinski definition) is 2. The van der Waals surface area contributed by atoms with Gasteiger partial charge in [-0.2, -0.15) is 0 Å². The molecule has 248 valence electrons. The Morgan fingerprint density at radius 2 is 0.925 bits per heavy atom. The summed E-state index contributed by atoms with van der Waals surface area (Å²) in [5.41, 5.74) is 9.37. The highest BCUT2D eigenvalue weighted by molar-refractivity contribution is 7.25. The highest BCUT2D eigenvalue weighted by Crippen LogP contribution is 2.44. The first kappa shape index (κ1) is 30.0. The van der Waals surface area contributed by atoms with Crippen LogP contribution in [0.25, 0.3) is 80.3 Å². The van der Waals surface area contributed by atoms with Gasteiger partial charge in [0.2, 0.25) is 0 Å². The van der Waals surface area contributed by atoms with Crippen molar-refractivity contribution in [3.05, 3.63) is 194 Å². The number of aromatic nitrogens is 1. The van der Waals surface area contributed by atoms with E-state index in [9.17, 15) is 0 Å². The number of anilines is 3. The van der Waals surface area contributed by atoms with Gasteiger partial charge < -0.3 is 9.47 Å². The molecule has 0 atom stereocenters. The van der Waals surface area contributed by atoms with Crippen LogP contribution in [-0.4, -0.2) is 4.57 Å². The summed E-state index contributed by atoms with van der Waals surface area (Å²) in [6, 6.07) is 71.1. The second-order valence-electron chi connectivity index (χ2n) is 13.8. The van der Waals surface area contributed by atoms with Crippen molar-refractivity contribution in [2.24, 2.45) is 0 Å². The highest BCUT2D eigenvalue weighted by Gasteiger charge is 2.19. The van der Waals surface area contributed by atoms with Crippen LogP contribution in [0, 0.1) is 0 Å². The molecular weight excluding hydrogens is 661 g/mol. The van der Waals surface area contributed by atoms with E-state index in [0.717, 1.165) is 22.7 Å². The van der Waals surface area contributed by atoms with Crippen molar-refractivity contribution >= 4 is 91.9 Å². The molecular formula is C50H32N2S. The van der Waals surface area contributed by atoms with Crippen molar-refractivity contribution in [1.82, 2.24) is 4.57 Å². The molecule has 0 bridgehead atoms. The summed E-state index contributed by atoms with van der Waals surface area (Å²) >= 11 is 1.87. The predicted octanol–water partition coefficient (Wildman–Crippen LogP) is 14.6. The van der Waals surface area contributed by atoms with Gasteiger partial charge >= 0.3 is 0 Å². The first-order valence-corrected chi connectivity index (χ1v) is 18.9. The second-order valence-corrected chi connectivity index (χ2v) is 14.9. The van der Waals surface area contributed by atoms with E-state index in [2.05, 4.69) is 204 Å². The number of rotatable bonds is 5. The molecule has 0 spiro atoms. The fourth-order valence-corrected chi connectivity index (χ4v) is 9.34. The molecule has 2 nitrogen and oxygen atoms in total. The molecule has 0 fully saturated rings. The Hall–Kier alpha value is -6.68. The van der Waals surface area contributed by atoms with E-state index in [1.54, 1.807) is 0 Å². The molecule has 11 rings (SSSR count). The van der Waals surface area contributed by atoms with Crippen molar-refractivity contribution in [3.63, 3.8) is 0 Å². The summed E-state index contributed by atoms with van der Waals surface area (Å²) < 4.78 is 5.00. The average Bonchev–Trinajstić information content (AvgIpc) is 3.74. The SMILES string of the molecule is c1ccc(-c2ccc3cc(N(c4ccc5c(c4)sc4cc6ccccc6cc45)c4ccc5c6ccccc6n(-c6ccccc6)c5c4)ccc3c2)cc1. The van der Waals surface area contributed by atoms with Crippen molar-refractivity contribution < 1.29 is 0 Å². The first-order valence-electron chi connectivity index (χ1n) is 18.1. The van der Waals surface area contributed by atoms with Crippen LogP contribution in [0.5, 0.6) is 0 Å². The molecule has 0 aliphatic carbocycles. The summed E-state index contributed by atoms with van der Waals surface area (Å²) in [4.78, 5) is 2.43.